The predicted octanol–water partition coefficient (Wildman–Crippen LogP) is 11.1. The second kappa shape index (κ2) is 12.0. The van der Waals surface area contributed by atoms with Crippen molar-refractivity contribution < 1.29 is 25.8 Å². The van der Waals surface area contributed by atoms with E-state index in [1.165, 1.54) is 22.3 Å². The number of aromatic nitrogens is 4. The van der Waals surface area contributed by atoms with Crippen LogP contribution in [0.1, 0.15) is 37.5 Å². The molecule has 0 saturated carbocycles. The zero-order valence-electron chi connectivity index (χ0n) is 28.5. The number of rotatable bonds is 4. The van der Waals surface area contributed by atoms with Gasteiger partial charge in [-0.1, -0.05) is 97.7 Å². The Morgan fingerprint density at radius 2 is 1.40 bits per heavy atom. The van der Waals surface area contributed by atoms with Crippen LogP contribution in [0.3, 0.4) is 0 Å². The van der Waals surface area contributed by atoms with Gasteiger partial charge in [-0.25, -0.2) is 4.98 Å². The number of aryl methyl sites for hydroxylation is 2. The van der Waals surface area contributed by atoms with Crippen LogP contribution in [0.5, 0.6) is 11.5 Å². The van der Waals surface area contributed by atoms with Gasteiger partial charge >= 0.3 is 21.1 Å². The first-order chi connectivity index (χ1) is 23.8. The van der Waals surface area contributed by atoms with E-state index in [0.29, 0.717) is 11.5 Å². The fraction of sp³-hybridized carbons (Fsp3) is 0.136. The van der Waals surface area contributed by atoms with E-state index < -0.39 is 0 Å². The molecule has 0 atom stereocenters. The number of benzene rings is 5. The molecule has 0 amide bonds. The number of nitrogens with zero attached hydrogens (tertiary/aromatic N) is 4. The molecule has 0 aliphatic rings. The van der Waals surface area contributed by atoms with Crippen LogP contribution < -0.4 is 4.74 Å². The third kappa shape index (κ3) is 5.03. The van der Waals surface area contributed by atoms with Gasteiger partial charge in [0.1, 0.15) is 5.82 Å². The third-order valence-corrected chi connectivity index (χ3v) is 9.69. The van der Waals surface area contributed by atoms with E-state index in [9.17, 15) is 0 Å². The summed E-state index contributed by atoms with van der Waals surface area (Å²) in [7, 11) is 0. The second-order valence-corrected chi connectivity index (χ2v) is 13.9. The molecule has 9 aromatic rings. The molecule has 9 rings (SSSR count). The first-order valence-corrected chi connectivity index (χ1v) is 16.7. The monoisotopic (exact) mass is 829 g/mol. The van der Waals surface area contributed by atoms with E-state index in [0.717, 1.165) is 60.6 Å². The summed E-state index contributed by atoms with van der Waals surface area (Å²) < 4.78 is 11.0. The molecule has 0 aliphatic carbocycles. The van der Waals surface area contributed by atoms with Gasteiger partial charge in [-0.3, -0.25) is 4.98 Å². The Balaban J connectivity index is 0.00000361. The van der Waals surface area contributed by atoms with Crippen LogP contribution in [-0.4, -0.2) is 18.9 Å². The number of ether oxygens (including phenoxy) is 1. The molecule has 0 radical (unpaired) electrons. The van der Waals surface area contributed by atoms with E-state index in [2.05, 4.69) is 133 Å². The molecule has 4 aromatic heterocycles. The molecule has 0 spiro atoms. The molecule has 0 bridgehead atoms. The SMILES string of the molecule is Cc1cccc(C)c1-c1cnc2c3[c-]c(Oc4[c-]c5c(cc4)c4ccccc4n5-c4ccccn4)ccc3c3cc(C(C)(C)C)ccc3n12.[Pt+2]. The normalized spacial score (nSPS) is 11.9. The number of imidazole rings is 1. The maximum absolute atomic E-state index is 6.57. The van der Waals surface area contributed by atoms with Crippen molar-refractivity contribution in [3.05, 3.63) is 144 Å². The molecule has 4 heterocycles. The Kier molecular flexibility index (Phi) is 7.65. The Bertz CT molecular complexity index is 2730. The number of fused-ring (bicyclic) bond motifs is 9. The molecular formula is C44H34N4OPt. The maximum Gasteiger partial charge on any atom is 2.00 e. The molecule has 0 unspecified atom stereocenters. The summed E-state index contributed by atoms with van der Waals surface area (Å²) in [4.78, 5) is 9.71. The average molecular weight is 830 g/mol. The summed E-state index contributed by atoms with van der Waals surface area (Å²) in [5, 5.41) is 5.41. The summed E-state index contributed by atoms with van der Waals surface area (Å²) in [5.41, 5.74) is 9.94. The van der Waals surface area contributed by atoms with Crippen molar-refractivity contribution in [3.8, 4) is 28.6 Å². The fourth-order valence-electron chi connectivity index (χ4n) is 7.29. The van der Waals surface area contributed by atoms with Gasteiger partial charge < -0.3 is 13.7 Å². The van der Waals surface area contributed by atoms with Gasteiger partial charge in [-0.15, -0.1) is 29.7 Å². The van der Waals surface area contributed by atoms with E-state index >= 15 is 0 Å². The minimum absolute atomic E-state index is 0. The van der Waals surface area contributed by atoms with Crippen LogP contribution in [0.25, 0.3) is 66.2 Å². The molecule has 0 fully saturated rings. The van der Waals surface area contributed by atoms with E-state index in [1.807, 2.05) is 42.7 Å². The van der Waals surface area contributed by atoms with Crippen LogP contribution in [0.2, 0.25) is 0 Å². The molecular weight excluding hydrogens is 796 g/mol. The Morgan fingerprint density at radius 3 is 2.16 bits per heavy atom. The molecule has 5 nitrogen and oxygen atoms in total. The largest absolute Gasteiger partial charge is 2.00 e. The molecule has 50 heavy (non-hydrogen) atoms. The van der Waals surface area contributed by atoms with Gasteiger partial charge in [0, 0.05) is 40.5 Å². The van der Waals surface area contributed by atoms with Crippen molar-refractivity contribution in [1.82, 2.24) is 18.9 Å². The maximum atomic E-state index is 6.57. The zero-order valence-corrected chi connectivity index (χ0v) is 30.8. The standard InChI is InChI=1S/C44H34N4O.Pt/c1-27-11-10-12-28(2)42(27)40-26-46-43-36-24-30(17-19-32(36)35-23-29(44(3,4)5)16-21-38(35)48(40)43)49-31-18-20-34-33-13-6-7-14-37(33)47(39(34)25-31)41-15-8-9-22-45-41;/h6-23,26H,1-5H3;/q-2;+2. The van der Waals surface area contributed by atoms with Crippen LogP contribution in [0, 0.1) is 26.0 Å². The van der Waals surface area contributed by atoms with Gasteiger partial charge in [0.15, 0.2) is 0 Å². The molecule has 0 aliphatic heterocycles. The summed E-state index contributed by atoms with van der Waals surface area (Å²) in [5.74, 6) is 2.05. The Morgan fingerprint density at radius 1 is 0.660 bits per heavy atom. The van der Waals surface area contributed by atoms with Gasteiger partial charge in [0.25, 0.3) is 0 Å². The first-order valence-electron chi connectivity index (χ1n) is 16.7. The summed E-state index contributed by atoms with van der Waals surface area (Å²) in [6, 6.07) is 43.0. The van der Waals surface area contributed by atoms with Gasteiger partial charge in [-0.2, -0.15) is 6.07 Å². The number of hydrogen-bond donors (Lipinski definition) is 0. The fourth-order valence-corrected chi connectivity index (χ4v) is 7.29. The summed E-state index contributed by atoms with van der Waals surface area (Å²) in [6.07, 6.45) is 3.82. The number of hydrogen-bond acceptors (Lipinski definition) is 3. The number of para-hydroxylation sites is 1. The molecule has 0 saturated heterocycles. The van der Waals surface area contributed by atoms with E-state index in [4.69, 9.17) is 9.72 Å². The van der Waals surface area contributed by atoms with Crippen molar-refractivity contribution in [2.75, 3.05) is 0 Å². The van der Waals surface area contributed by atoms with Crippen LogP contribution in [0.15, 0.2) is 116 Å². The minimum Gasteiger partial charge on any atom is -0.503 e. The predicted molar refractivity (Wildman–Crippen MR) is 200 cm³/mol. The molecule has 5 aromatic carbocycles. The zero-order chi connectivity index (χ0) is 33.4. The van der Waals surface area contributed by atoms with E-state index in [-0.39, 0.29) is 26.5 Å². The average Bonchev–Trinajstić information content (AvgIpc) is 3.68. The smallest absolute Gasteiger partial charge is 0.503 e. The molecule has 6 heteroatoms. The van der Waals surface area contributed by atoms with Crippen molar-refractivity contribution in [1.29, 1.82) is 0 Å². The first kappa shape index (κ1) is 32.0. The Labute approximate surface area is 305 Å². The summed E-state index contributed by atoms with van der Waals surface area (Å²) >= 11 is 0. The minimum atomic E-state index is -0.00116. The summed E-state index contributed by atoms with van der Waals surface area (Å²) in [6.45, 7) is 11.1. The number of pyridine rings is 2. The van der Waals surface area contributed by atoms with Gasteiger partial charge in [0.2, 0.25) is 0 Å². The molecule has 0 N–H and O–H groups in total. The van der Waals surface area contributed by atoms with Crippen molar-refractivity contribution >= 4 is 49.1 Å². The third-order valence-electron chi connectivity index (χ3n) is 9.69. The van der Waals surface area contributed by atoms with Crippen LogP contribution >= 0.6 is 0 Å². The van der Waals surface area contributed by atoms with E-state index in [1.54, 1.807) is 0 Å². The Hall–Kier alpha value is -5.25. The van der Waals surface area contributed by atoms with Gasteiger partial charge in [0.05, 0.1) is 11.3 Å². The topological polar surface area (TPSA) is 44.3 Å². The quantitative estimate of drug-likeness (QED) is 0.131. The van der Waals surface area contributed by atoms with Crippen LogP contribution in [0.4, 0.5) is 0 Å². The van der Waals surface area contributed by atoms with Gasteiger partial charge in [-0.05, 0) is 71.0 Å². The molecule has 246 valence electrons. The van der Waals surface area contributed by atoms with Crippen molar-refractivity contribution in [3.63, 3.8) is 0 Å². The second-order valence-electron chi connectivity index (χ2n) is 13.9. The van der Waals surface area contributed by atoms with Crippen molar-refractivity contribution in [2.24, 2.45) is 0 Å². The van der Waals surface area contributed by atoms with Crippen molar-refractivity contribution in [2.45, 2.75) is 40.0 Å². The van der Waals surface area contributed by atoms with Crippen LogP contribution in [-0.2, 0) is 26.5 Å².